The number of carbonyl (C=O) groups is 2. The van der Waals surface area contributed by atoms with Crippen molar-refractivity contribution in [1.29, 1.82) is 0 Å². The highest BCUT2D eigenvalue weighted by Gasteiger charge is 2.24. The monoisotopic (exact) mass is 346 g/mol. The number of halogens is 2. The first-order valence-electron chi connectivity index (χ1n) is 5.71. The third-order valence-electron chi connectivity index (χ3n) is 2.67. The second kappa shape index (κ2) is 6.36. The SMILES string of the molecule is O=C(Nc1ccc(Br)cc1Cl)C(=O)N1CCOCC1. The zero-order valence-electron chi connectivity index (χ0n) is 9.99. The third-order valence-corrected chi connectivity index (χ3v) is 3.48. The summed E-state index contributed by atoms with van der Waals surface area (Å²) in [7, 11) is 0. The number of ether oxygens (including phenoxy) is 1. The van der Waals surface area contributed by atoms with Gasteiger partial charge >= 0.3 is 11.8 Å². The summed E-state index contributed by atoms with van der Waals surface area (Å²) in [4.78, 5) is 25.2. The van der Waals surface area contributed by atoms with Gasteiger partial charge in [-0.05, 0) is 18.2 Å². The van der Waals surface area contributed by atoms with Crippen LogP contribution in [0.3, 0.4) is 0 Å². The zero-order valence-corrected chi connectivity index (χ0v) is 12.3. The van der Waals surface area contributed by atoms with E-state index in [9.17, 15) is 9.59 Å². The Kier molecular flexibility index (Phi) is 4.79. The molecule has 0 spiro atoms. The molecule has 0 atom stereocenters. The van der Waals surface area contributed by atoms with E-state index in [0.717, 1.165) is 4.47 Å². The van der Waals surface area contributed by atoms with Gasteiger partial charge in [-0.2, -0.15) is 0 Å². The molecule has 19 heavy (non-hydrogen) atoms. The maximum Gasteiger partial charge on any atom is 0.313 e. The van der Waals surface area contributed by atoms with Crippen LogP contribution in [0.4, 0.5) is 5.69 Å². The van der Waals surface area contributed by atoms with Crippen LogP contribution in [-0.4, -0.2) is 43.0 Å². The molecule has 1 aliphatic heterocycles. The predicted molar refractivity (Wildman–Crippen MR) is 75.2 cm³/mol. The topological polar surface area (TPSA) is 58.6 Å². The molecule has 0 unspecified atom stereocenters. The van der Waals surface area contributed by atoms with Crippen molar-refractivity contribution in [2.45, 2.75) is 0 Å². The highest BCUT2D eigenvalue weighted by atomic mass is 79.9. The van der Waals surface area contributed by atoms with Crippen molar-refractivity contribution in [1.82, 2.24) is 4.90 Å². The first-order valence-corrected chi connectivity index (χ1v) is 6.88. The average Bonchev–Trinajstić information content (AvgIpc) is 2.42. The molecule has 1 heterocycles. The number of hydrogen-bond acceptors (Lipinski definition) is 3. The van der Waals surface area contributed by atoms with Crippen molar-refractivity contribution in [3.8, 4) is 0 Å². The van der Waals surface area contributed by atoms with E-state index < -0.39 is 11.8 Å². The van der Waals surface area contributed by atoms with Gasteiger partial charge in [0.05, 0.1) is 23.9 Å². The maximum atomic E-state index is 11.9. The predicted octanol–water partition coefficient (Wildman–Crippen LogP) is 1.90. The van der Waals surface area contributed by atoms with E-state index in [0.29, 0.717) is 37.0 Å². The minimum Gasteiger partial charge on any atom is -0.378 e. The van der Waals surface area contributed by atoms with Gasteiger partial charge in [-0.15, -0.1) is 0 Å². The molecule has 2 amide bonds. The van der Waals surface area contributed by atoms with Gasteiger partial charge in [0.15, 0.2) is 0 Å². The van der Waals surface area contributed by atoms with Crippen LogP contribution in [0.15, 0.2) is 22.7 Å². The molecule has 1 aliphatic rings. The minimum atomic E-state index is -0.689. The number of benzene rings is 1. The second-order valence-electron chi connectivity index (χ2n) is 3.98. The lowest BCUT2D eigenvalue weighted by Gasteiger charge is -2.26. The molecule has 0 bridgehead atoms. The molecule has 0 aromatic heterocycles. The van der Waals surface area contributed by atoms with Gasteiger partial charge in [0.25, 0.3) is 0 Å². The quantitative estimate of drug-likeness (QED) is 0.789. The minimum absolute atomic E-state index is 0.373. The van der Waals surface area contributed by atoms with Crippen LogP contribution in [0.1, 0.15) is 0 Å². The molecule has 7 heteroatoms. The van der Waals surface area contributed by atoms with Crippen LogP contribution in [0.25, 0.3) is 0 Å². The van der Waals surface area contributed by atoms with Crippen molar-refractivity contribution < 1.29 is 14.3 Å². The Hall–Kier alpha value is -1.11. The van der Waals surface area contributed by atoms with E-state index in [1.165, 1.54) is 4.90 Å². The van der Waals surface area contributed by atoms with Crippen molar-refractivity contribution in [2.24, 2.45) is 0 Å². The molecule has 0 saturated carbocycles. The molecule has 0 aliphatic carbocycles. The van der Waals surface area contributed by atoms with E-state index in [4.69, 9.17) is 16.3 Å². The highest BCUT2D eigenvalue weighted by Crippen LogP contribution is 2.25. The van der Waals surface area contributed by atoms with E-state index in [1.54, 1.807) is 18.2 Å². The summed E-state index contributed by atoms with van der Waals surface area (Å²) < 4.78 is 5.93. The lowest BCUT2D eigenvalue weighted by molar-refractivity contribution is -0.145. The molecule has 1 N–H and O–H groups in total. The van der Waals surface area contributed by atoms with Crippen LogP contribution in [0.2, 0.25) is 5.02 Å². The van der Waals surface area contributed by atoms with E-state index in [-0.39, 0.29) is 0 Å². The smallest absolute Gasteiger partial charge is 0.313 e. The number of amides is 2. The second-order valence-corrected chi connectivity index (χ2v) is 5.31. The Morgan fingerprint density at radius 3 is 2.63 bits per heavy atom. The molecule has 1 fully saturated rings. The fraction of sp³-hybridized carbons (Fsp3) is 0.333. The molecule has 1 saturated heterocycles. The Morgan fingerprint density at radius 2 is 2.00 bits per heavy atom. The molecule has 5 nitrogen and oxygen atoms in total. The fourth-order valence-corrected chi connectivity index (χ4v) is 2.40. The third kappa shape index (κ3) is 3.68. The Bertz CT molecular complexity index is 504. The largest absolute Gasteiger partial charge is 0.378 e. The first kappa shape index (κ1) is 14.3. The summed E-state index contributed by atoms with van der Waals surface area (Å²) in [6, 6.07) is 5.02. The molecule has 102 valence electrons. The standard InChI is InChI=1S/C12H12BrClN2O3/c13-8-1-2-10(9(14)7-8)15-11(17)12(18)16-3-5-19-6-4-16/h1-2,7H,3-6H2,(H,15,17). The van der Waals surface area contributed by atoms with Crippen LogP contribution >= 0.6 is 27.5 Å². The van der Waals surface area contributed by atoms with Crippen molar-refractivity contribution in [2.75, 3.05) is 31.6 Å². The van der Waals surface area contributed by atoms with E-state index in [2.05, 4.69) is 21.2 Å². The zero-order chi connectivity index (χ0) is 13.8. The normalized spacial score (nSPS) is 15.2. The van der Waals surface area contributed by atoms with Gasteiger partial charge < -0.3 is 15.0 Å². The molecule has 0 radical (unpaired) electrons. The summed E-state index contributed by atoms with van der Waals surface area (Å²) in [5, 5.41) is 2.88. The van der Waals surface area contributed by atoms with Crippen LogP contribution in [0.5, 0.6) is 0 Å². The van der Waals surface area contributed by atoms with E-state index in [1.807, 2.05) is 0 Å². The number of nitrogens with one attached hydrogen (secondary N) is 1. The summed E-state index contributed by atoms with van der Waals surface area (Å²) in [5.41, 5.74) is 0.413. The first-order chi connectivity index (χ1) is 9.08. The number of anilines is 1. The summed E-state index contributed by atoms with van der Waals surface area (Å²) in [6.45, 7) is 1.77. The number of carbonyl (C=O) groups excluding carboxylic acids is 2. The molecule has 2 rings (SSSR count). The maximum absolute atomic E-state index is 11.9. The Labute approximate surface area is 124 Å². The van der Waals surface area contributed by atoms with Crippen molar-refractivity contribution >= 4 is 45.0 Å². The molecular weight excluding hydrogens is 336 g/mol. The van der Waals surface area contributed by atoms with E-state index >= 15 is 0 Å². The molecular formula is C12H12BrClN2O3. The number of morpholine rings is 1. The summed E-state index contributed by atoms with van der Waals surface area (Å²) >= 11 is 9.24. The molecule has 1 aromatic carbocycles. The lowest BCUT2D eigenvalue weighted by atomic mass is 10.3. The van der Waals surface area contributed by atoms with Crippen molar-refractivity contribution in [3.63, 3.8) is 0 Å². The van der Waals surface area contributed by atoms with Crippen LogP contribution in [0, 0.1) is 0 Å². The lowest BCUT2D eigenvalue weighted by Crippen LogP contribution is -2.45. The van der Waals surface area contributed by atoms with Crippen molar-refractivity contribution in [3.05, 3.63) is 27.7 Å². The summed E-state index contributed by atoms with van der Waals surface area (Å²) in [6.07, 6.45) is 0. The Balaban J connectivity index is 2.01. The number of nitrogens with zero attached hydrogens (tertiary/aromatic N) is 1. The van der Waals surface area contributed by atoms with Gasteiger partial charge in [-0.25, -0.2) is 0 Å². The van der Waals surface area contributed by atoms with Gasteiger partial charge in [0.1, 0.15) is 0 Å². The van der Waals surface area contributed by atoms with Gasteiger partial charge in [-0.3, -0.25) is 9.59 Å². The average molecular weight is 348 g/mol. The van der Waals surface area contributed by atoms with Gasteiger partial charge in [-0.1, -0.05) is 27.5 Å². The number of rotatable bonds is 1. The van der Waals surface area contributed by atoms with Gasteiger partial charge in [0, 0.05) is 17.6 Å². The fourth-order valence-electron chi connectivity index (χ4n) is 1.68. The highest BCUT2D eigenvalue weighted by molar-refractivity contribution is 9.10. The number of hydrogen-bond donors (Lipinski definition) is 1. The Morgan fingerprint density at radius 1 is 1.32 bits per heavy atom. The van der Waals surface area contributed by atoms with Crippen LogP contribution < -0.4 is 5.32 Å². The van der Waals surface area contributed by atoms with Crippen LogP contribution in [-0.2, 0) is 14.3 Å². The molecule has 1 aromatic rings. The van der Waals surface area contributed by atoms with Gasteiger partial charge in [0.2, 0.25) is 0 Å². The summed E-state index contributed by atoms with van der Waals surface area (Å²) in [5.74, 6) is -1.26.